The fraction of sp³-hybridized carbons (Fsp3) is 0.516. The van der Waals surface area contributed by atoms with Gasteiger partial charge in [-0.2, -0.15) is 0 Å². The van der Waals surface area contributed by atoms with E-state index in [-0.39, 0.29) is 18.2 Å². The quantitative estimate of drug-likeness (QED) is 0.313. The van der Waals surface area contributed by atoms with Crippen LogP contribution in [0.25, 0.3) is 27.8 Å². The van der Waals surface area contributed by atoms with Gasteiger partial charge in [-0.25, -0.2) is 4.79 Å². The van der Waals surface area contributed by atoms with Crippen LogP contribution >= 0.6 is 0 Å². The smallest absolute Gasteiger partial charge is 0.410 e. The topological polar surface area (TPSA) is 75.5 Å². The number of benzene rings is 1. The lowest BCUT2D eigenvalue weighted by Gasteiger charge is -2.39. The van der Waals surface area contributed by atoms with Crippen LogP contribution in [0.2, 0.25) is 0 Å². The number of aromatic nitrogens is 4. The van der Waals surface area contributed by atoms with Crippen LogP contribution in [-0.4, -0.2) is 48.3 Å². The van der Waals surface area contributed by atoms with Gasteiger partial charge in [0.15, 0.2) is 5.65 Å². The SMILES string of the molecule is Cc1c(-c2[nH]c3ccc(C4CC5CCC(C4)N5C(=O)OC(C)(C)C)cc3c2C(C)C)cn2cnnc2c1C. The molecule has 1 N–H and O–H groups in total. The number of pyridine rings is 1. The first-order valence-corrected chi connectivity index (χ1v) is 14.0. The highest BCUT2D eigenvalue weighted by Gasteiger charge is 2.45. The van der Waals surface area contributed by atoms with E-state index in [1.165, 1.54) is 38.9 Å². The molecular formula is C31H39N5O2. The maximum Gasteiger partial charge on any atom is 0.410 e. The molecule has 4 aromatic rings. The molecular weight excluding hydrogens is 474 g/mol. The average molecular weight is 514 g/mol. The summed E-state index contributed by atoms with van der Waals surface area (Å²) in [5.41, 5.74) is 9.10. The number of amides is 1. The lowest BCUT2D eigenvalue weighted by molar-refractivity contribution is 0.00584. The fourth-order valence-electron chi connectivity index (χ4n) is 6.82. The van der Waals surface area contributed by atoms with Crippen molar-refractivity contribution in [1.29, 1.82) is 0 Å². The summed E-state index contributed by atoms with van der Waals surface area (Å²) in [7, 11) is 0. The van der Waals surface area contributed by atoms with Crippen LogP contribution in [0.1, 0.15) is 94.4 Å². The van der Waals surface area contributed by atoms with Crippen LogP contribution in [0.4, 0.5) is 4.79 Å². The molecule has 2 unspecified atom stereocenters. The molecule has 6 rings (SSSR count). The molecule has 200 valence electrons. The van der Waals surface area contributed by atoms with Crippen molar-refractivity contribution in [2.45, 2.75) is 104 Å². The second-order valence-corrected chi connectivity index (χ2v) is 12.7. The highest BCUT2D eigenvalue weighted by atomic mass is 16.6. The first-order chi connectivity index (χ1) is 18.0. The van der Waals surface area contributed by atoms with Gasteiger partial charge in [0.25, 0.3) is 0 Å². The van der Waals surface area contributed by atoms with Crippen molar-refractivity contribution in [2.24, 2.45) is 0 Å². The Kier molecular flexibility index (Phi) is 5.82. The summed E-state index contributed by atoms with van der Waals surface area (Å²) >= 11 is 0. The number of ether oxygens (including phenoxy) is 1. The summed E-state index contributed by atoms with van der Waals surface area (Å²) in [4.78, 5) is 18.8. The van der Waals surface area contributed by atoms with Crippen molar-refractivity contribution in [3.8, 4) is 11.3 Å². The van der Waals surface area contributed by atoms with Crippen LogP contribution in [0.5, 0.6) is 0 Å². The first kappa shape index (κ1) is 25.0. The summed E-state index contributed by atoms with van der Waals surface area (Å²) in [5.74, 6) is 0.807. The molecule has 2 atom stereocenters. The number of hydrogen-bond acceptors (Lipinski definition) is 4. The van der Waals surface area contributed by atoms with E-state index in [1.54, 1.807) is 6.33 Å². The number of H-pyrrole nitrogens is 1. The number of nitrogens with zero attached hydrogens (tertiary/aromatic N) is 4. The monoisotopic (exact) mass is 513 g/mol. The normalized spacial score (nSPS) is 21.7. The molecule has 2 bridgehead atoms. The van der Waals surface area contributed by atoms with Crippen molar-refractivity contribution in [3.05, 3.63) is 53.0 Å². The number of carbonyl (C=O) groups excluding carboxylic acids is 1. The molecule has 38 heavy (non-hydrogen) atoms. The van der Waals surface area contributed by atoms with Gasteiger partial charge in [0.1, 0.15) is 11.9 Å². The molecule has 0 radical (unpaired) electrons. The van der Waals surface area contributed by atoms with Crippen molar-refractivity contribution >= 4 is 22.6 Å². The van der Waals surface area contributed by atoms with Gasteiger partial charge in [0.2, 0.25) is 0 Å². The molecule has 2 fully saturated rings. The minimum Gasteiger partial charge on any atom is -0.444 e. The summed E-state index contributed by atoms with van der Waals surface area (Å²) in [6, 6.07) is 7.48. The molecule has 1 amide bonds. The van der Waals surface area contributed by atoms with Crippen LogP contribution in [0.3, 0.4) is 0 Å². The van der Waals surface area contributed by atoms with Gasteiger partial charge in [-0.15, -0.1) is 10.2 Å². The number of aryl methyl sites for hydroxylation is 1. The third-order valence-electron chi connectivity index (χ3n) is 8.66. The molecule has 2 aliphatic heterocycles. The molecule has 2 saturated heterocycles. The second kappa shape index (κ2) is 8.85. The largest absolute Gasteiger partial charge is 0.444 e. The maximum atomic E-state index is 13.0. The summed E-state index contributed by atoms with van der Waals surface area (Å²) in [6.07, 6.45) is 7.91. The number of carbonyl (C=O) groups is 1. The van der Waals surface area contributed by atoms with Crippen LogP contribution < -0.4 is 0 Å². The Labute approximate surface area is 224 Å². The van der Waals surface area contributed by atoms with E-state index in [1.807, 2.05) is 30.1 Å². The molecule has 3 aromatic heterocycles. The van der Waals surface area contributed by atoms with E-state index in [9.17, 15) is 4.79 Å². The van der Waals surface area contributed by atoms with Crippen LogP contribution in [-0.2, 0) is 4.74 Å². The van der Waals surface area contributed by atoms with E-state index in [0.717, 1.165) is 36.9 Å². The molecule has 5 heterocycles. The van der Waals surface area contributed by atoms with Crippen LogP contribution in [0.15, 0.2) is 30.7 Å². The predicted octanol–water partition coefficient (Wildman–Crippen LogP) is 7.26. The Morgan fingerprint density at radius 1 is 1.11 bits per heavy atom. The average Bonchev–Trinajstić information content (AvgIpc) is 3.53. The van der Waals surface area contributed by atoms with Gasteiger partial charge >= 0.3 is 6.09 Å². The zero-order chi connectivity index (χ0) is 26.9. The van der Waals surface area contributed by atoms with Gasteiger partial charge in [-0.3, -0.25) is 4.40 Å². The molecule has 7 nitrogen and oxygen atoms in total. The number of hydrogen-bond donors (Lipinski definition) is 1. The Bertz CT molecular complexity index is 1530. The number of rotatable bonds is 3. The Morgan fingerprint density at radius 2 is 1.82 bits per heavy atom. The Morgan fingerprint density at radius 3 is 2.47 bits per heavy atom. The molecule has 2 aliphatic rings. The number of piperidine rings is 1. The third kappa shape index (κ3) is 4.07. The van der Waals surface area contributed by atoms with E-state index in [0.29, 0.717) is 11.8 Å². The minimum atomic E-state index is -0.465. The van der Waals surface area contributed by atoms with Crippen molar-refractivity contribution in [1.82, 2.24) is 24.5 Å². The van der Waals surface area contributed by atoms with Gasteiger partial charge in [0, 0.05) is 34.7 Å². The Hall–Kier alpha value is -3.35. The van der Waals surface area contributed by atoms with E-state index >= 15 is 0 Å². The highest BCUT2D eigenvalue weighted by molar-refractivity contribution is 5.92. The number of aromatic amines is 1. The third-order valence-corrected chi connectivity index (χ3v) is 8.66. The van der Waals surface area contributed by atoms with Crippen LogP contribution in [0, 0.1) is 13.8 Å². The van der Waals surface area contributed by atoms with E-state index in [4.69, 9.17) is 4.74 Å². The second-order valence-electron chi connectivity index (χ2n) is 12.7. The number of fused-ring (bicyclic) bond motifs is 4. The summed E-state index contributed by atoms with van der Waals surface area (Å²) in [6.45, 7) is 14.7. The standard InChI is InChI=1S/C31H39N5O2/c1-17(2)27-24-14-20(21-12-22-9-10-23(13-21)36(22)30(37)38-31(5,6)7)8-11-26(24)33-28(27)25-15-35-16-32-34-29(35)19(4)18(25)3/h8,11,14-17,21-23,33H,9-10,12-13H2,1-7H3. The van der Waals surface area contributed by atoms with Crippen molar-refractivity contribution in [3.63, 3.8) is 0 Å². The van der Waals surface area contributed by atoms with Crippen molar-refractivity contribution in [2.75, 3.05) is 0 Å². The molecule has 1 aromatic carbocycles. The first-order valence-electron chi connectivity index (χ1n) is 14.0. The minimum absolute atomic E-state index is 0.146. The molecule has 0 aliphatic carbocycles. The zero-order valence-corrected chi connectivity index (χ0v) is 23.6. The highest BCUT2D eigenvalue weighted by Crippen LogP contribution is 2.45. The zero-order valence-electron chi connectivity index (χ0n) is 23.6. The predicted molar refractivity (Wildman–Crippen MR) is 151 cm³/mol. The lowest BCUT2D eigenvalue weighted by Crippen LogP contribution is -2.48. The van der Waals surface area contributed by atoms with Gasteiger partial charge in [0.05, 0.1) is 5.69 Å². The maximum absolute atomic E-state index is 13.0. The lowest BCUT2D eigenvalue weighted by atomic mass is 9.84. The Balaban J connectivity index is 1.36. The van der Waals surface area contributed by atoms with Gasteiger partial charge < -0.3 is 14.6 Å². The summed E-state index contributed by atoms with van der Waals surface area (Å²) in [5, 5.41) is 9.72. The molecule has 7 heteroatoms. The number of nitrogens with one attached hydrogen (secondary N) is 1. The van der Waals surface area contributed by atoms with Gasteiger partial charge in [-0.1, -0.05) is 19.9 Å². The summed E-state index contributed by atoms with van der Waals surface area (Å²) < 4.78 is 7.78. The molecule has 0 saturated carbocycles. The van der Waals surface area contributed by atoms with Crippen molar-refractivity contribution < 1.29 is 9.53 Å². The van der Waals surface area contributed by atoms with Gasteiger partial charge in [-0.05, 0) is 107 Å². The molecule has 0 spiro atoms. The van der Waals surface area contributed by atoms with E-state index < -0.39 is 5.60 Å². The van der Waals surface area contributed by atoms with E-state index in [2.05, 4.69) is 67.3 Å². The fourth-order valence-corrected chi connectivity index (χ4v) is 6.82.